The van der Waals surface area contributed by atoms with Crippen LogP contribution in [-0.2, 0) is 6.54 Å². The van der Waals surface area contributed by atoms with Crippen LogP contribution in [0.2, 0.25) is 0 Å². The van der Waals surface area contributed by atoms with Gasteiger partial charge in [0.2, 0.25) is 0 Å². The van der Waals surface area contributed by atoms with E-state index in [2.05, 4.69) is 20.6 Å². The highest BCUT2D eigenvalue weighted by molar-refractivity contribution is 6.04. The summed E-state index contributed by atoms with van der Waals surface area (Å²) in [5.74, 6) is 0.0505. The van der Waals surface area contributed by atoms with E-state index in [0.717, 1.165) is 0 Å². The predicted molar refractivity (Wildman–Crippen MR) is 115 cm³/mol. The van der Waals surface area contributed by atoms with Crippen molar-refractivity contribution in [3.63, 3.8) is 0 Å². The first-order chi connectivity index (χ1) is 15.5. The highest BCUT2D eigenvalue weighted by atomic mass is 16.6. The van der Waals surface area contributed by atoms with Gasteiger partial charge in [-0.1, -0.05) is 23.4 Å². The quantitative estimate of drug-likeness (QED) is 0.334. The molecule has 2 aromatic heterocycles. The lowest BCUT2D eigenvalue weighted by Gasteiger charge is -2.12. The first-order valence-electron chi connectivity index (χ1n) is 9.69. The molecule has 0 saturated carbocycles. The Hall–Kier alpha value is -4.54. The Kier molecular flexibility index (Phi) is 5.88. The summed E-state index contributed by atoms with van der Waals surface area (Å²) in [5.41, 5.74) is 1.40. The second-order valence-corrected chi connectivity index (χ2v) is 6.81. The molecule has 0 aliphatic rings. The summed E-state index contributed by atoms with van der Waals surface area (Å²) in [6, 6.07) is 13.0. The zero-order valence-corrected chi connectivity index (χ0v) is 17.1. The molecular formula is C21H19N7O4. The van der Waals surface area contributed by atoms with E-state index in [4.69, 9.17) is 4.74 Å². The van der Waals surface area contributed by atoms with Crippen LogP contribution in [0.4, 0.5) is 11.4 Å². The number of ether oxygens (including phenoxy) is 1. The molecule has 2 aromatic carbocycles. The number of aromatic nitrogens is 5. The molecule has 0 saturated heterocycles. The second-order valence-electron chi connectivity index (χ2n) is 6.81. The molecule has 11 nitrogen and oxygen atoms in total. The molecule has 4 rings (SSSR count). The van der Waals surface area contributed by atoms with Crippen molar-refractivity contribution < 1.29 is 14.5 Å². The zero-order chi connectivity index (χ0) is 22.5. The molecule has 0 aliphatic carbocycles. The maximum atomic E-state index is 12.9. The third kappa shape index (κ3) is 4.46. The summed E-state index contributed by atoms with van der Waals surface area (Å²) < 4.78 is 9.09. The fourth-order valence-corrected chi connectivity index (χ4v) is 3.08. The number of amides is 1. The maximum Gasteiger partial charge on any atom is 0.278 e. The first kappa shape index (κ1) is 20.7. The minimum absolute atomic E-state index is 0.0785. The number of imidazole rings is 1. The van der Waals surface area contributed by atoms with Crippen LogP contribution in [-0.4, -0.2) is 42.0 Å². The van der Waals surface area contributed by atoms with Crippen LogP contribution >= 0.6 is 0 Å². The number of nitrogens with zero attached hydrogens (tertiary/aromatic N) is 6. The number of benzene rings is 2. The second kappa shape index (κ2) is 9.08. The van der Waals surface area contributed by atoms with Crippen LogP contribution in [0.15, 0.2) is 67.3 Å². The fraction of sp³-hybridized carbons (Fsp3) is 0.143. The average molecular weight is 433 g/mol. The van der Waals surface area contributed by atoms with Crippen molar-refractivity contribution in [2.75, 3.05) is 11.9 Å². The third-order valence-corrected chi connectivity index (χ3v) is 4.70. The van der Waals surface area contributed by atoms with Crippen LogP contribution in [0.1, 0.15) is 16.2 Å². The van der Waals surface area contributed by atoms with E-state index in [9.17, 15) is 14.9 Å². The van der Waals surface area contributed by atoms with E-state index in [-0.39, 0.29) is 11.4 Å². The fourth-order valence-electron chi connectivity index (χ4n) is 3.08. The van der Waals surface area contributed by atoms with Gasteiger partial charge in [-0.15, -0.1) is 5.10 Å². The van der Waals surface area contributed by atoms with Gasteiger partial charge in [0.1, 0.15) is 12.4 Å². The summed E-state index contributed by atoms with van der Waals surface area (Å²) in [4.78, 5) is 27.4. The van der Waals surface area contributed by atoms with Gasteiger partial charge < -0.3 is 14.6 Å². The molecule has 0 atom stereocenters. The number of carbonyl (C=O) groups is 1. The van der Waals surface area contributed by atoms with Crippen LogP contribution in [0, 0.1) is 17.0 Å². The summed E-state index contributed by atoms with van der Waals surface area (Å²) >= 11 is 0. The number of hydrogen-bond acceptors (Lipinski definition) is 7. The summed E-state index contributed by atoms with van der Waals surface area (Å²) in [7, 11) is 0. The molecule has 0 aliphatic heterocycles. The van der Waals surface area contributed by atoms with Crippen LogP contribution in [0.25, 0.3) is 5.69 Å². The normalized spacial score (nSPS) is 10.7. The molecule has 32 heavy (non-hydrogen) atoms. The first-order valence-corrected chi connectivity index (χ1v) is 9.69. The van der Waals surface area contributed by atoms with Gasteiger partial charge in [0.05, 0.1) is 34.9 Å². The average Bonchev–Trinajstić information content (AvgIpc) is 3.44. The van der Waals surface area contributed by atoms with Crippen molar-refractivity contribution in [2.24, 2.45) is 0 Å². The number of nitro groups is 1. The van der Waals surface area contributed by atoms with Crippen LogP contribution in [0.3, 0.4) is 0 Å². The highest BCUT2D eigenvalue weighted by Crippen LogP contribution is 2.25. The van der Waals surface area contributed by atoms with Gasteiger partial charge in [0.15, 0.2) is 5.69 Å². The number of hydrogen-bond donors (Lipinski definition) is 1. The van der Waals surface area contributed by atoms with Crippen molar-refractivity contribution in [1.82, 2.24) is 24.5 Å². The van der Waals surface area contributed by atoms with E-state index in [1.807, 2.05) is 16.8 Å². The molecular weight excluding hydrogens is 414 g/mol. The number of nitrogens with one attached hydrogen (secondary N) is 1. The molecule has 162 valence electrons. The Bertz CT molecular complexity index is 1250. The molecule has 0 radical (unpaired) electrons. The smallest absolute Gasteiger partial charge is 0.278 e. The van der Waals surface area contributed by atoms with Gasteiger partial charge in [0.25, 0.3) is 11.6 Å². The highest BCUT2D eigenvalue weighted by Gasteiger charge is 2.19. The monoisotopic (exact) mass is 433 g/mol. The Morgan fingerprint density at radius 2 is 2.06 bits per heavy atom. The lowest BCUT2D eigenvalue weighted by molar-refractivity contribution is -0.384. The molecule has 1 amide bonds. The number of non-ortho nitro benzene ring substituents is 1. The third-order valence-electron chi connectivity index (χ3n) is 4.70. The van der Waals surface area contributed by atoms with Crippen LogP contribution < -0.4 is 10.1 Å². The van der Waals surface area contributed by atoms with Gasteiger partial charge in [0, 0.05) is 24.5 Å². The molecule has 2 heterocycles. The Morgan fingerprint density at radius 3 is 2.84 bits per heavy atom. The van der Waals surface area contributed by atoms with Crippen molar-refractivity contribution >= 4 is 17.3 Å². The molecule has 0 fully saturated rings. The summed E-state index contributed by atoms with van der Waals surface area (Å²) in [6.45, 7) is 2.67. The number of nitro benzene ring substituents is 1. The minimum Gasteiger partial charge on any atom is -0.490 e. The van der Waals surface area contributed by atoms with Gasteiger partial charge in [-0.2, -0.15) is 0 Å². The molecule has 0 spiro atoms. The molecule has 11 heteroatoms. The van der Waals surface area contributed by atoms with Gasteiger partial charge >= 0.3 is 0 Å². The maximum absolute atomic E-state index is 12.9. The lowest BCUT2D eigenvalue weighted by Crippen LogP contribution is -2.15. The van der Waals surface area contributed by atoms with E-state index in [1.54, 1.807) is 49.8 Å². The van der Waals surface area contributed by atoms with E-state index in [1.165, 1.54) is 16.8 Å². The van der Waals surface area contributed by atoms with Gasteiger partial charge in [-0.05, 0) is 25.1 Å². The molecule has 0 unspecified atom stereocenters. The van der Waals surface area contributed by atoms with Crippen LogP contribution in [0.5, 0.6) is 5.75 Å². The molecule has 0 bridgehead atoms. The number of para-hydroxylation sites is 2. The zero-order valence-electron chi connectivity index (χ0n) is 17.1. The Labute approximate surface area is 182 Å². The lowest BCUT2D eigenvalue weighted by atomic mass is 10.2. The predicted octanol–water partition coefficient (Wildman–Crippen LogP) is 3.01. The van der Waals surface area contributed by atoms with Crippen molar-refractivity contribution in [1.29, 1.82) is 0 Å². The Balaban J connectivity index is 1.49. The van der Waals surface area contributed by atoms with Crippen molar-refractivity contribution in [3.8, 4) is 11.4 Å². The Morgan fingerprint density at radius 1 is 1.22 bits per heavy atom. The van der Waals surface area contributed by atoms with Gasteiger partial charge in [-0.3, -0.25) is 14.9 Å². The van der Waals surface area contributed by atoms with E-state index in [0.29, 0.717) is 36.0 Å². The largest absolute Gasteiger partial charge is 0.490 e. The van der Waals surface area contributed by atoms with Crippen molar-refractivity contribution in [3.05, 3.63) is 88.8 Å². The molecule has 1 N–H and O–H groups in total. The topological polar surface area (TPSA) is 130 Å². The van der Waals surface area contributed by atoms with Gasteiger partial charge in [-0.25, -0.2) is 9.67 Å². The SMILES string of the molecule is Cc1c(C(=O)Nc2ccccc2OCCn2ccnc2)nnn1-c1cccc([N+](=O)[O-])c1. The standard InChI is InChI=1S/C21H19N7O4/c1-15-20(24-25-27(15)16-5-4-6-17(13-16)28(30)31)21(29)23-18-7-2-3-8-19(18)32-12-11-26-10-9-22-14-26/h2-10,13-14H,11-12H2,1H3,(H,23,29). The van der Waals surface area contributed by atoms with E-state index < -0.39 is 10.8 Å². The summed E-state index contributed by atoms with van der Waals surface area (Å²) in [6.07, 6.45) is 5.23. The van der Waals surface area contributed by atoms with E-state index >= 15 is 0 Å². The summed E-state index contributed by atoms with van der Waals surface area (Å²) in [5, 5.41) is 21.8. The number of rotatable bonds is 8. The minimum atomic E-state index is -0.493. The van der Waals surface area contributed by atoms with Crippen molar-refractivity contribution in [2.45, 2.75) is 13.5 Å². The number of anilines is 1. The molecule has 4 aromatic rings. The number of carbonyl (C=O) groups excluding carboxylic acids is 1.